The molecule has 1 aromatic rings. The van der Waals surface area contributed by atoms with Crippen molar-refractivity contribution in [3.05, 3.63) is 18.0 Å². The topological polar surface area (TPSA) is 79.7 Å². The van der Waals surface area contributed by atoms with E-state index in [2.05, 4.69) is 42.0 Å². The van der Waals surface area contributed by atoms with Gasteiger partial charge >= 0.3 is 0 Å². The Kier molecular flexibility index (Phi) is 6.51. The lowest BCUT2D eigenvalue weighted by atomic mass is 10.1. The van der Waals surface area contributed by atoms with Crippen LogP contribution in [-0.2, 0) is 6.54 Å². The molecule has 2 unspecified atom stereocenters. The minimum atomic E-state index is 0.0246. The Balaban J connectivity index is 2.62. The summed E-state index contributed by atoms with van der Waals surface area (Å²) >= 11 is 0. The molecule has 6 nitrogen and oxygen atoms in total. The summed E-state index contributed by atoms with van der Waals surface area (Å²) in [7, 11) is 0. The molecule has 0 saturated carbocycles. The summed E-state index contributed by atoms with van der Waals surface area (Å²) in [6, 6.07) is 2.48. The molecule has 2 atom stereocenters. The van der Waals surface area contributed by atoms with E-state index in [0.29, 0.717) is 6.04 Å². The standard InChI is InChI=1S/C14H27N5O/c1-5-12(4)19-8-7-13(16-19)10-18(6-2)9-11(3)14(15)17-20/h7-8,11-12,20H,5-6,9-10H2,1-4H3,(H2,15,17). The fraction of sp³-hybridized carbons (Fsp3) is 0.714. The van der Waals surface area contributed by atoms with Crippen LogP contribution in [0, 0.1) is 5.92 Å². The highest BCUT2D eigenvalue weighted by Crippen LogP contribution is 2.11. The van der Waals surface area contributed by atoms with Crippen LogP contribution in [0.25, 0.3) is 0 Å². The van der Waals surface area contributed by atoms with E-state index in [9.17, 15) is 0 Å². The molecule has 6 heteroatoms. The molecule has 0 saturated heterocycles. The van der Waals surface area contributed by atoms with E-state index in [1.807, 2.05) is 17.8 Å². The van der Waals surface area contributed by atoms with Gasteiger partial charge in [-0.3, -0.25) is 9.58 Å². The van der Waals surface area contributed by atoms with Gasteiger partial charge in [-0.05, 0) is 26.0 Å². The smallest absolute Gasteiger partial charge is 0.143 e. The quantitative estimate of drug-likeness (QED) is 0.331. The van der Waals surface area contributed by atoms with Crippen LogP contribution in [0.4, 0.5) is 0 Å². The Morgan fingerprint density at radius 3 is 2.75 bits per heavy atom. The summed E-state index contributed by atoms with van der Waals surface area (Å²) in [4.78, 5) is 2.24. The zero-order chi connectivity index (χ0) is 15.1. The largest absolute Gasteiger partial charge is 0.409 e. The molecule has 0 aliphatic carbocycles. The van der Waals surface area contributed by atoms with Crippen molar-refractivity contribution >= 4 is 5.84 Å². The van der Waals surface area contributed by atoms with Gasteiger partial charge in [0.1, 0.15) is 5.84 Å². The second-order valence-electron chi connectivity index (χ2n) is 5.30. The molecule has 114 valence electrons. The Morgan fingerprint density at radius 2 is 2.20 bits per heavy atom. The SMILES string of the molecule is CCC(C)n1ccc(CN(CC)CC(C)C(N)=NO)n1. The second-order valence-corrected chi connectivity index (χ2v) is 5.30. The molecule has 3 N–H and O–H groups in total. The fourth-order valence-corrected chi connectivity index (χ4v) is 2.01. The van der Waals surface area contributed by atoms with Crippen molar-refractivity contribution in [2.24, 2.45) is 16.8 Å². The highest BCUT2D eigenvalue weighted by molar-refractivity contribution is 5.82. The molecule has 0 fully saturated rings. The van der Waals surface area contributed by atoms with Crippen LogP contribution in [0.2, 0.25) is 0 Å². The van der Waals surface area contributed by atoms with Gasteiger partial charge in [0.25, 0.3) is 0 Å². The molecule has 0 aliphatic heterocycles. The van der Waals surface area contributed by atoms with E-state index in [4.69, 9.17) is 10.9 Å². The number of nitrogens with two attached hydrogens (primary N) is 1. The number of aromatic nitrogens is 2. The molecule has 0 aliphatic rings. The third-order valence-corrected chi connectivity index (χ3v) is 3.69. The van der Waals surface area contributed by atoms with Crippen molar-refractivity contribution in [2.75, 3.05) is 13.1 Å². The van der Waals surface area contributed by atoms with Gasteiger partial charge in [-0.15, -0.1) is 0 Å². The van der Waals surface area contributed by atoms with Crippen molar-refractivity contribution in [3.63, 3.8) is 0 Å². The fourth-order valence-electron chi connectivity index (χ4n) is 2.01. The lowest BCUT2D eigenvalue weighted by molar-refractivity contribution is 0.253. The maximum Gasteiger partial charge on any atom is 0.143 e. The highest BCUT2D eigenvalue weighted by atomic mass is 16.4. The predicted molar refractivity (Wildman–Crippen MR) is 80.8 cm³/mol. The van der Waals surface area contributed by atoms with Gasteiger partial charge < -0.3 is 10.9 Å². The normalized spacial score (nSPS) is 15.6. The molecular formula is C14H27N5O. The number of nitrogens with zero attached hydrogens (tertiary/aromatic N) is 4. The van der Waals surface area contributed by atoms with Crippen LogP contribution in [0.5, 0.6) is 0 Å². The Bertz CT molecular complexity index is 429. The Labute approximate surface area is 121 Å². The summed E-state index contributed by atoms with van der Waals surface area (Å²) < 4.78 is 2.01. The average molecular weight is 281 g/mol. The van der Waals surface area contributed by atoms with Gasteiger partial charge in [0, 0.05) is 31.2 Å². The van der Waals surface area contributed by atoms with Gasteiger partial charge in [-0.25, -0.2) is 0 Å². The maximum absolute atomic E-state index is 8.70. The van der Waals surface area contributed by atoms with Crippen LogP contribution in [0.15, 0.2) is 17.4 Å². The Morgan fingerprint density at radius 1 is 1.50 bits per heavy atom. The first-order valence-electron chi connectivity index (χ1n) is 7.25. The molecule has 0 bridgehead atoms. The van der Waals surface area contributed by atoms with Gasteiger partial charge in [0.15, 0.2) is 0 Å². The first kappa shape index (κ1) is 16.5. The van der Waals surface area contributed by atoms with Gasteiger partial charge in [-0.1, -0.05) is 25.9 Å². The molecule has 0 aromatic carbocycles. The van der Waals surface area contributed by atoms with Gasteiger partial charge in [0.2, 0.25) is 0 Å². The van der Waals surface area contributed by atoms with Gasteiger partial charge in [-0.2, -0.15) is 5.10 Å². The van der Waals surface area contributed by atoms with Crippen LogP contribution in [-0.4, -0.2) is 38.8 Å². The van der Waals surface area contributed by atoms with Crippen molar-refractivity contribution in [1.82, 2.24) is 14.7 Å². The molecular weight excluding hydrogens is 254 g/mol. The Hall–Kier alpha value is -1.56. The van der Waals surface area contributed by atoms with E-state index in [0.717, 1.165) is 31.7 Å². The minimum Gasteiger partial charge on any atom is -0.409 e. The van der Waals surface area contributed by atoms with E-state index in [1.165, 1.54) is 0 Å². The molecule has 1 heterocycles. The zero-order valence-electron chi connectivity index (χ0n) is 13.0. The third-order valence-electron chi connectivity index (χ3n) is 3.69. The van der Waals surface area contributed by atoms with E-state index in [1.54, 1.807) is 0 Å². The van der Waals surface area contributed by atoms with Crippen molar-refractivity contribution in [2.45, 2.75) is 46.7 Å². The average Bonchev–Trinajstić information content (AvgIpc) is 2.93. The van der Waals surface area contributed by atoms with Crippen molar-refractivity contribution in [1.29, 1.82) is 0 Å². The molecule has 0 radical (unpaired) electrons. The lowest BCUT2D eigenvalue weighted by Crippen LogP contribution is -2.34. The molecule has 20 heavy (non-hydrogen) atoms. The number of hydrogen-bond acceptors (Lipinski definition) is 4. The van der Waals surface area contributed by atoms with Gasteiger partial charge in [0.05, 0.1) is 5.69 Å². The number of amidine groups is 1. The number of hydrogen-bond donors (Lipinski definition) is 2. The van der Waals surface area contributed by atoms with Crippen molar-refractivity contribution < 1.29 is 5.21 Å². The van der Waals surface area contributed by atoms with Crippen LogP contribution in [0.3, 0.4) is 0 Å². The molecule has 1 rings (SSSR count). The predicted octanol–water partition coefficient (Wildman–Crippen LogP) is 2.06. The lowest BCUT2D eigenvalue weighted by Gasteiger charge is -2.22. The number of rotatable bonds is 8. The summed E-state index contributed by atoms with van der Waals surface area (Å²) in [5, 5.41) is 16.4. The second kappa shape index (κ2) is 7.89. The summed E-state index contributed by atoms with van der Waals surface area (Å²) in [6.45, 7) is 10.8. The first-order valence-corrected chi connectivity index (χ1v) is 7.25. The maximum atomic E-state index is 8.70. The van der Waals surface area contributed by atoms with E-state index < -0.39 is 0 Å². The number of oxime groups is 1. The van der Waals surface area contributed by atoms with E-state index in [-0.39, 0.29) is 11.8 Å². The monoisotopic (exact) mass is 281 g/mol. The molecule has 0 amide bonds. The summed E-state index contributed by atoms with van der Waals surface area (Å²) in [6.07, 6.45) is 3.10. The summed E-state index contributed by atoms with van der Waals surface area (Å²) in [5.74, 6) is 0.296. The van der Waals surface area contributed by atoms with Crippen molar-refractivity contribution in [3.8, 4) is 0 Å². The van der Waals surface area contributed by atoms with E-state index >= 15 is 0 Å². The van der Waals surface area contributed by atoms with Crippen LogP contribution < -0.4 is 5.73 Å². The van der Waals surface area contributed by atoms with Crippen LogP contribution in [0.1, 0.15) is 45.9 Å². The highest BCUT2D eigenvalue weighted by Gasteiger charge is 2.14. The first-order chi connectivity index (χ1) is 9.51. The molecule has 1 aromatic heterocycles. The molecule has 0 spiro atoms. The zero-order valence-corrected chi connectivity index (χ0v) is 13.0. The summed E-state index contributed by atoms with van der Waals surface area (Å²) in [5.41, 5.74) is 6.68. The minimum absolute atomic E-state index is 0.0246. The third kappa shape index (κ3) is 4.52. The van der Waals surface area contributed by atoms with Crippen LogP contribution >= 0.6 is 0 Å².